The highest BCUT2D eigenvalue weighted by atomic mass is 16.5. The van der Waals surface area contributed by atoms with Gasteiger partial charge in [0.2, 0.25) is 0 Å². The molecule has 0 fully saturated rings. The number of aromatic nitrogens is 2. The minimum atomic E-state index is -0.416. The molecule has 5 nitrogen and oxygen atoms in total. The molecule has 0 saturated carbocycles. The summed E-state index contributed by atoms with van der Waals surface area (Å²) in [5.74, 6) is 0. The zero-order chi connectivity index (χ0) is 13.3. The Bertz CT molecular complexity index is 503. The van der Waals surface area contributed by atoms with E-state index in [2.05, 4.69) is 15.3 Å². The van der Waals surface area contributed by atoms with E-state index in [-0.39, 0.29) is 6.61 Å². The van der Waals surface area contributed by atoms with Crippen molar-refractivity contribution in [1.82, 2.24) is 15.3 Å². The van der Waals surface area contributed by atoms with E-state index in [0.717, 1.165) is 11.1 Å². The van der Waals surface area contributed by atoms with E-state index in [1.165, 1.54) is 6.33 Å². The minimum absolute atomic E-state index is 0.279. The summed E-state index contributed by atoms with van der Waals surface area (Å²) in [4.78, 5) is 19.2. The van der Waals surface area contributed by atoms with E-state index in [1.54, 1.807) is 12.4 Å². The van der Waals surface area contributed by atoms with Crippen molar-refractivity contribution in [3.05, 3.63) is 60.2 Å². The van der Waals surface area contributed by atoms with Gasteiger partial charge in [0, 0.05) is 18.9 Å². The molecule has 98 valence electrons. The molecular weight excluding hydrogens is 242 g/mol. The maximum Gasteiger partial charge on any atom is 0.407 e. The lowest BCUT2D eigenvalue weighted by Gasteiger charge is -2.06. The van der Waals surface area contributed by atoms with E-state index in [0.29, 0.717) is 13.0 Å². The van der Waals surface area contributed by atoms with Gasteiger partial charge in [-0.25, -0.2) is 14.8 Å². The van der Waals surface area contributed by atoms with E-state index in [4.69, 9.17) is 4.74 Å². The minimum Gasteiger partial charge on any atom is -0.445 e. The fourth-order valence-electron chi connectivity index (χ4n) is 1.54. The molecule has 0 aliphatic carbocycles. The molecule has 1 heterocycles. The van der Waals surface area contributed by atoms with Gasteiger partial charge < -0.3 is 10.1 Å². The first kappa shape index (κ1) is 13.0. The first-order chi connectivity index (χ1) is 9.34. The molecule has 1 aromatic heterocycles. The van der Waals surface area contributed by atoms with E-state index in [9.17, 15) is 4.79 Å². The van der Waals surface area contributed by atoms with Crippen LogP contribution in [0.3, 0.4) is 0 Å². The van der Waals surface area contributed by atoms with E-state index in [1.807, 2.05) is 30.3 Å². The molecule has 0 aliphatic rings. The Hall–Kier alpha value is -2.43. The normalized spacial score (nSPS) is 9.89. The average Bonchev–Trinajstić information content (AvgIpc) is 2.47. The molecule has 0 atom stereocenters. The van der Waals surface area contributed by atoms with Crippen molar-refractivity contribution in [2.45, 2.75) is 13.0 Å². The van der Waals surface area contributed by atoms with Crippen LogP contribution in [0.2, 0.25) is 0 Å². The van der Waals surface area contributed by atoms with Crippen LogP contribution in [0, 0.1) is 0 Å². The quantitative estimate of drug-likeness (QED) is 0.889. The second kappa shape index (κ2) is 7.10. The van der Waals surface area contributed by atoms with Crippen LogP contribution in [-0.2, 0) is 17.8 Å². The van der Waals surface area contributed by atoms with Crippen LogP contribution in [0.1, 0.15) is 11.1 Å². The van der Waals surface area contributed by atoms with Crippen molar-refractivity contribution in [2.75, 3.05) is 6.54 Å². The zero-order valence-electron chi connectivity index (χ0n) is 10.5. The fraction of sp³-hybridized carbons (Fsp3) is 0.214. The van der Waals surface area contributed by atoms with Gasteiger partial charge in [-0.3, -0.25) is 0 Å². The lowest BCUT2D eigenvalue weighted by Crippen LogP contribution is -2.26. The molecule has 2 aromatic rings. The third-order valence-electron chi connectivity index (χ3n) is 2.51. The van der Waals surface area contributed by atoms with Crippen LogP contribution in [0.25, 0.3) is 0 Å². The highest BCUT2D eigenvalue weighted by molar-refractivity contribution is 5.67. The lowest BCUT2D eigenvalue weighted by atomic mass is 10.2. The molecule has 1 aromatic carbocycles. The first-order valence-electron chi connectivity index (χ1n) is 6.03. The molecule has 0 unspecified atom stereocenters. The second-order valence-electron chi connectivity index (χ2n) is 3.99. The number of benzene rings is 1. The van der Waals surface area contributed by atoms with Gasteiger partial charge in [-0.05, 0) is 17.5 Å². The molecule has 5 heteroatoms. The van der Waals surface area contributed by atoms with Crippen molar-refractivity contribution >= 4 is 6.09 Å². The summed E-state index contributed by atoms with van der Waals surface area (Å²) >= 11 is 0. The maximum absolute atomic E-state index is 11.4. The number of hydrogen-bond acceptors (Lipinski definition) is 4. The predicted molar refractivity (Wildman–Crippen MR) is 70.4 cm³/mol. The van der Waals surface area contributed by atoms with Crippen molar-refractivity contribution < 1.29 is 9.53 Å². The van der Waals surface area contributed by atoms with Crippen molar-refractivity contribution in [3.8, 4) is 0 Å². The summed E-state index contributed by atoms with van der Waals surface area (Å²) in [7, 11) is 0. The lowest BCUT2D eigenvalue weighted by molar-refractivity contribution is 0.140. The van der Waals surface area contributed by atoms with Gasteiger partial charge in [0.05, 0.1) is 0 Å². The fourth-order valence-corrected chi connectivity index (χ4v) is 1.54. The van der Waals surface area contributed by atoms with Gasteiger partial charge in [0.25, 0.3) is 0 Å². The van der Waals surface area contributed by atoms with Crippen molar-refractivity contribution in [3.63, 3.8) is 0 Å². The summed E-state index contributed by atoms with van der Waals surface area (Å²) < 4.78 is 5.08. The summed E-state index contributed by atoms with van der Waals surface area (Å²) in [6.45, 7) is 0.780. The van der Waals surface area contributed by atoms with Crippen molar-refractivity contribution in [1.29, 1.82) is 0 Å². The second-order valence-corrected chi connectivity index (χ2v) is 3.99. The van der Waals surface area contributed by atoms with Crippen molar-refractivity contribution in [2.24, 2.45) is 0 Å². The summed E-state index contributed by atoms with van der Waals surface area (Å²) in [6, 6.07) is 9.56. The molecule has 0 saturated heterocycles. The molecule has 1 N–H and O–H groups in total. The van der Waals surface area contributed by atoms with Crippen LogP contribution in [0.4, 0.5) is 4.79 Å². The number of hydrogen-bond donors (Lipinski definition) is 1. The number of carbonyl (C=O) groups is 1. The Morgan fingerprint density at radius 2 is 1.84 bits per heavy atom. The van der Waals surface area contributed by atoms with Gasteiger partial charge in [0.15, 0.2) is 0 Å². The Morgan fingerprint density at radius 3 is 2.58 bits per heavy atom. The molecule has 19 heavy (non-hydrogen) atoms. The summed E-state index contributed by atoms with van der Waals surface area (Å²) in [6.07, 6.45) is 5.20. The Labute approximate surface area is 111 Å². The standard InChI is InChI=1S/C14H15N3O2/c18-14(19-10-12-4-2-1-3-5-12)17-7-6-13-8-15-11-16-9-13/h1-5,8-9,11H,6-7,10H2,(H,17,18). The molecule has 0 spiro atoms. The Balaban J connectivity index is 1.65. The van der Waals surface area contributed by atoms with E-state index >= 15 is 0 Å². The van der Waals surface area contributed by atoms with Gasteiger partial charge in [-0.1, -0.05) is 30.3 Å². The Morgan fingerprint density at radius 1 is 1.11 bits per heavy atom. The number of nitrogens with zero attached hydrogens (tertiary/aromatic N) is 2. The van der Waals surface area contributed by atoms with Gasteiger partial charge >= 0.3 is 6.09 Å². The van der Waals surface area contributed by atoms with Crippen LogP contribution in [0.5, 0.6) is 0 Å². The largest absolute Gasteiger partial charge is 0.445 e. The number of nitrogens with one attached hydrogen (secondary N) is 1. The van der Waals surface area contributed by atoms with E-state index < -0.39 is 6.09 Å². The molecular formula is C14H15N3O2. The van der Waals surface area contributed by atoms with Gasteiger partial charge in [0.1, 0.15) is 12.9 Å². The van der Waals surface area contributed by atoms with Gasteiger partial charge in [-0.15, -0.1) is 0 Å². The predicted octanol–water partition coefficient (Wildman–Crippen LogP) is 1.95. The molecule has 2 rings (SSSR count). The van der Waals surface area contributed by atoms with Crippen LogP contribution in [-0.4, -0.2) is 22.6 Å². The summed E-state index contributed by atoms with van der Waals surface area (Å²) in [5, 5.41) is 2.68. The van der Waals surface area contributed by atoms with Crippen LogP contribution >= 0.6 is 0 Å². The van der Waals surface area contributed by atoms with Crippen LogP contribution < -0.4 is 5.32 Å². The number of amides is 1. The zero-order valence-corrected chi connectivity index (χ0v) is 10.5. The number of alkyl carbamates (subject to hydrolysis) is 1. The van der Waals surface area contributed by atoms with Crippen LogP contribution in [0.15, 0.2) is 49.1 Å². The van der Waals surface area contributed by atoms with Gasteiger partial charge in [-0.2, -0.15) is 0 Å². The SMILES string of the molecule is O=C(NCCc1cncnc1)OCc1ccccc1. The number of carbonyl (C=O) groups excluding carboxylic acids is 1. The first-order valence-corrected chi connectivity index (χ1v) is 6.03. The molecule has 1 amide bonds. The number of ether oxygens (including phenoxy) is 1. The highest BCUT2D eigenvalue weighted by Gasteiger charge is 2.02. The third kappa shape index (κ3) is 4.75. The Kier molecular flexibility index (Phi) is 4.87. The molecule has 0 aliphatic heterocycles. The number of rotatable bonds is 5. The summed E-state index contributed by atoms with van der Waals surface area (Å²) in [5.41, 5.74) is 1.94. The monoisotopic (exact) mass is 257 g/mol. The average molecular weight is 257 g/mol. The third-order valence-corrected chi connectivity index (χ3v) is 2.51. The molecule has 0 radical (unpaired) electrons. The smallest absolute Gasteiger partial charge is 0.407 e. The maximum atomic E-state index is 11.4. The molecule has 0 bridgehead atoms. The topological polar surface area (TPSA) is 64.1 Å². The highest BCUT2D eigenvalue weighted by Crippen LogP contribution is 2.00.